The Balaban J connectivity index is 2.43. The number of rotatable bonds is 3. The Morgan fingerprint density at radius 3 is 2.73 bits per heavy atom. The fourth-order valence-electron chi connectivity index (χ4n) is 0.962. The van der Waals surface area contributed by atoms with Gasteiger partial charge in [0.25, 0.3) is 0 Å². The summed E-state index contributed by atoms with van der Waals surface area (Å²) in [5.74, 6) is -0.457. The maximum absolute atomic E-state index is 11.0. The van der Waals surface area contributed by atoms with Gasteiger partial charge in [-0.05, 0) is 40.8 Å². The van der Waals surface area contributed by atoms with Crippen molar-refractivity contribution in [3.63, 3.8) is 0 Å². The molecule has 0 heterocycles. The van der Waals surface area contributed by atoms with Gasteiger partial charge < -0.3 is 11.1 Å². The van der Waals surface area contributed by atoms with Crippen molar-refractivity contribution in [1.82, 2.24) is 5.32 Å². The van der Waals surface area contributed by atoms with E-state index in [2.05, 4.69) is 27.9 Å². The SMILES string of the molecule is NC(=O)NC(=O)CNc1cccc(I)c1. The average Bonchev–Trinajstić information content (AvgIpc) is 2.14. The van der Waals surface area contributed by atoms with Gasteiger partial charge in [0.1, 0.15) is 0 Å². The molecular formula is C9H10IN3O2. The lowest BCUT2D eigenvalue weighted by atomic mass is 10.3. The van der Waals surface area contributed by atoms with E-state index in [0.29, 0.717) is 0 Å². The van der Waals surface area contributed by atoms with Gasteiger partial charge in [0.2, 0.25) is 5.91 Å². The maximum atomic E-state index is 11.0. The van der Waals surface area contributed by atoms with E-state index in [-0.39, 0.29) is 6.54 Å². The minimum atomic E-state index is -0.843. The third-order valence-corrected chi connectivity index (χ3v) is 2.21. The number of carbonyl (C=O) groups excluding carboxylic acids is 2. The Kier molecular flexibility index (Phi) is 4.35. The monoisotopic (exact) mass is 319 g/mol. The van der Waals surface area contributed by atoms with Crippen molar-refractivity contribution in [2.45, 2.75) is 0 Å². The summed E-state index contributed by atoms with van der Waals surface area (Å²) in [7, 11) is 0. The lowest BCUT2D eigenvalue weighted by Gasteiger charge is -2.05. The molecule has 0 aliphatic carbocycles. The van der Waals surface area contributed by atoms with Gasteiger partial charge in [-0.1, -0.05) is 6.07 Å². The third-order valence-electron chi connectivity index (χ3n) is 1.54. The summed E-state index contributed by atoms with van der Waals surface area (Å²) < 4.78 is 1.06. The highest BCUT2D eigenvalue weighted by molar-refractivity contribution is 14.1. The highest BCUT2D eigenvalue weighted by Gasteiger charge is 2.03. The first-order chi connectivity index (χ1) is 7.08. The molecule has 0 saturated carbocycles. The van der Waals surface area contributed by atoms with Crippen LogP contribution >= 0.6 is 22.6 Å². The Morgan fingerprint density at radius 1 is 1.40 bits per heavy atom. The number of imide groups is 1. The van der Waals surface area contributed by atoms with Gasteiger partial charge in [-0.25, -0.2) is 4.79 Å². The molecule has 0 aliphatic rings. The van der Waals surface area contributed by atoms with Gasteiger partial charge in [-0.2, -0.15) is 0 Å². The van der Waals surface area contributed by atoms with Crippen molar-refractivity contribution in [2.75, 3.05) is 11.9 Å². The summed E-state index contributed by atoms with van der Waals surface area (Å²) in [5.41, 5.74) is 5.61. The fourth-order valence-corrected chi connectivity index (χ4v) is 1.51. The minimum absolute atomic E-state index is 0.0169. The highest BCUT2D eigenvalue weighted by atomic mass is 127. The quantitative estimate of drug-likeness (QED) is 0.724. The summed E-state index contributed by atoms with van der Waals surface area (Å²) in [5, 5.41) is 4.83. The molecule has 0 atom stereocenters. The molecule has 0 spiro atoms. The number of primary amides is 1. The van der Waals surface area contributed by atoms with Crippen LogP contribution in [0.5, 0.6) is 0 Å². The Morgan fingerprint density at radius 2 is 2.13 bits per heavy atom. The van der Waals surface area contributed by atoms with E-state index in [4.69, 9.17) is 5.73 Å². The molecule has 1 rings (SSSR count). The van der Waals surface area contributed by atoms with Crippen LogP contribution in [0.4, 0.5) is 10.5 Å². The van der Waals surface area contributed by atoms with E-state index in [1.807, 2.05) is 29.6 Å². The van der Waals surface area contributed by atoms with E-state index in [1.165, 1.54) is 0 Å². The van der Waals surface area contributed by atoms with Crippen LogP contribution in [0.3, 0.4) is 0 Å². The second-order valence-electron chi connectivity index (χ2n) is 2.78. The molecule has 15 heavy (non-hydrogen) atoms. The first kappa shape index (κ1) is 11.8. The summed E-state index contributed by atoms with van der Waals surface area (Å²) in [6.07, 6.45) is 0. The molecule has 4 N–H and O–H groups in total. The molecule has 0 fully saturated rings. The molecule has 5 nitrogen and oxygen atoms in total. The molecule has 1 aromatic carbocycles. The van der Waals surface area contributed by atoms with Crippen LogP contribution in [0.2, 0.25) is 0 Å². The molecular weight excluding hydrogens is 309 g/mol. The van der Waals surface area contributed by atoms with Gasteiger partial charge in [0.05, 0.1) is 6.54 Å². The van der Waals surface area contributed by atoms with Crippen LogP contribution in [0.15, 0.2) is 24.3 Å². The minimum Gasteiger partial charge on any atom is -0.376 e. The largest absolute Gasteiger partial charge is 0.376 e. The predicted octanol–water partition coefficient (Wildman–Crippen LogP) is 0.898. The molecule has 1 aromatic rings. The van der Waals surface area contributed by atoms with Crippen molar-refractivity contribution in [3.8, 4) is 0 Å². The first-order valence-corrected chi connectivity index (χ1v) is 5.24. The van der Waals surface area contributed by atoms with Gasteiger partial charge in [-0.3, -0.25) is 10.1 Å². The zero-order chi connectivity index (χ0) is 11.3. The van der Waals surface area contributed by atoms with E-state index in [9.17, 15) is 9.59 Å². The molecule has 3 amide bonds. The summed E-state index contributed by atoms with van der Waals surface area (Å²) in [4.78, 5) is 21.4. The smallest absolute Gasteiger partial charge is 0.318 e. The van der Waals surface area contributed by atoms with Crippen LogP contribution in [0.1, 0.15) is 0 Å². The topological polar surface area (TPSA) is 84.2 Å². The van der Waals surface area contributed by atoms with Crippen LogP contribution in [0.25, 0.3) is 0 Å². The lowest BCUT2D eigenvalue weighted by Crippen LogP contribution is -2.38. The van der Waals surface area contributed by atoms with Gasteiger partial charge in [0.15, 0.2) is 0 Å². The third kappa shape index (κ3) is 4.63. The molecule has 0 unspecified atom stereocenters. The van der Waals surface area contributed by atoms with Gasteiger partial charge in [-0.15, -0.1) is 0 Å². The van der Waals surface area contributed by atoms with Crippen molar-refractivity contribution in [1.29, 1.82) is 0 Å². The summed E-state index contributed by atoms with van der Waals surface area (Å²) in [6, 6.07) is 6.69. The summed E-state index contributed by atoms with van der Waals surface area (Å²) in [6.45, 7) is 0.0169. The molecule has 0 aliphatic heterocycles. The van der Waals surface area contributed by atoms with Crippen molar-refractivity contribution in [2.24, 2.45) is 5.73 Å². The predicted molar refractivity (Wildman–Crippen MR) is 65.4 cm³/mol. The number of hydrogen-bond acceptors (Lipinski definition) is 3. The molecule has 6 heteroatoms. The zero-order valence-electron chi connectivity index (χ0n) is 7.79. The van der Waals surface area contributed by atoms with E-state index < -0.39 is 11.9 Å². The van der Waals surface area contributed by atoms with Gasteiger partial charge in [0, 0.05) is 9.26 Å². The lowest BCUT2D eigenvalue weighted by molar-refractivity contribution is -0.118. The second-order valence-corrected chi connectivity index (χ2v) is 4.02. The molecule has 80 valence electrons. The Labute approximate surface area is 101 Å². The van der Waals surface area contributed by atoms with Crippen molar-refractivity contribution in [3.05, 3.63) is 27.8 Å². The van der Waals surface area contributed by atoms with Crippen molar-refractivity contribution < 1.29 is 9.59 Å². The molecule has 0 aromatic heterocycles. The summed E-state index contributed by atoms with van der Waals surface area (Å²) >= 11 is 2.17. The molecule has 0 bridgehead atoms. The number of nitrogens with one attached hydrogen (secondary N) is 2. The first-order valence-electron chi connectivity index (χ1n) is 4.16. The zero-order valence-corrected chi connectivity index (χ0v) is 9.95. The number of amides is 3. The Hall–Kier alpha value is -1.31. The Bertz CT molecular complexity index is 381. The highest BCUT2D eigenvalue weighted by Crippen LogP contribution is 2.11. The fraction of sp³-hybridized carbons (Fsp3) is 0.111. The number of anilines is 1. The van der Waals surface area contributed by atoms with E-state index in [0.717, 1.165) is 9.26 Å². The van der Waals surface area contributed by atoms with Crippen LogP contribution in [-0.4, -0.2) is 18.5 Å². The van der Waals surface area contributed by atoms with Gasteiger partial charge >= 0.3 is 6.03 Å². The van der Waals surface area contributed by atoms with Crippen molar-refractivity contribution >= 4 is 40.2 Å². The van der Waals surface area contributed by atoms with E-state index in [1.54, 1.807) is 0 Å². The number of carbonyl (C=O) groups is 2. The second kappa shape index (κ2) is 5.54. The van der Waals surface area contributed by atoms with Crippen LogP contribution in [0, 0.1) is 3.57 Å². The molecule has 0 radical (unpaired) electrons. The van der Waals surface area contributed by atoms with Crippen LogP contribution in [-0.2, 0) is 4.79 Å². The number of nitrogens with two attached hydrogens (primary N) is 1. The van der Waals surface area contributed by atoms with E-state index >= 15 is 0 Å². The number of urea groups is 1. The molecule has 0 saturated heterocycles. The normalized spacial score (nSPS) is 9.40. The standard InChI is InChI=1S/C9H10IN3O2/c10-6-2-1-3-7(4-6)12-5-8(14)13-9(11)15/h1-4,12H,5H2,(H3,11,13,14,15). The number of halogens is 1. The van der Waals surface area contributed by atoms with Crippen LogP contribution < -0.4 is 16.4 Å². The number of hydrogen-bond donors (Lipinski definition) is 3. The number of benzene rings is 1. The average molecular weight is 319 g/mol. The maximum Gasteiger partial charge on any atom is 0.318 e.